The predicted octanol–water partition coefficient (Wildman–Crippen LogP) is 2.91. The van der Waals surface area contributed by atoms with Crippen LogP contribution in [0.2, 0.25) is 10.0 Å². The Labute approximate surface area is 189 Å². The molecule has 1 saturated heterocycles. The first kappa shape index (κ1) is 21.8. The first-order chi connectivity index (χ1) is 14.8. The molecule has 0 bridgehead atoms. The first-order valence-corrected chi connectivity index (χ1v) is 11.6. The van der Waals surface area contributed by atoms with Crippen LogP contribution in [0.3, 0.4) is 0 Å². The number of hydrogen-bond acceptors (Lipinski definition) is 5. The molecule has 0 aliphatic carbocycles. The highest BCUT2D eigenvalue weighted by Crippen LogP contribution is 2.33. The SMILES string of the molecule is Cn1cnc(S(=O)(=O)N2CC([C@@H](NC(=O)c3ccc(Cl)cc3Cl)c3ccccn3)C2)c1. The van der Waals surface area contributed by atoms with E-state index in [-0.39, 0.29) is 40.5 Å². The number of aromatic nitrogens is 3. The summed E-state index contributed by atoms with van der Waals surface area (Å²) in [6, 6.07) is 9.53. The number of aryl methyl sites for hydroxylation is 1. The van der Waals surface area contributed by atoms with Crippen LogP contribution in [0, 0.1) is 5.92 Å². The number of benzene rings is 1. The zero-order valence-electron chi connectivity index (χ0n) is 16.4. The third-order valence-corrected chi connectivity index (χ3v) is 7.37. The summed E-state index contributed by atoms with van der Waals surface area (Å²) in [6.45, 7) is 0.462. The second-order valence-corrected chi connectivity index (χ2v) is 10.0. The number of pyridine rings is 1. The molecule has 0 saturated carbocycles. The van der Waals surface area contributed by atoms with Crippen molar-refractivity contribution >= 4 is 39.1 Å². The third kappa shape index (κ3) is 4.45. The maximum Gasteiger partial charge on any atom is 0.262 e. The van der Waals surface area contributed by atoms with Crippen LogP contribution in [0.4, 0.5) is 0 Å². The number of carbonyl (C=O) groups excluding carboxylic acids is 1. The lowest BCUT2D eigenvalue weighted by Crippen LogP contribution is -2.55. The number of rotatable bonds is 6. The lowest BCUT2D eigenvalue weighted by atomic mass is 9.90. The molecule has 1 fully saturated rings. The van der Waals surface area contributed by atoms with Crippen molar-refractivity contribution in [3.05, 3.63) is 76.4 Å². The summed E-state index contributed by atoms with van der Waals surface area (Å²) in [7, 11) is -1.98. The van der Waals surface area contributed by atoms with Gasteiger partial charge in [0.15, 0.2) is 5.03 Å². The van der Waals surface area contributed by atoms with Gasteiger partial charge in [0.2, 0.25) is 0 Å². The molecular weight excluding hydrogens is 461 g/mol. The highest BCUT2D eigenvalue weighted by Gasteiger charge is 2.43. The summed E-state index contributed by atoms with van der Waals surface area (Å²) < 4.78 is 28.5. The van der Waals surface area contributed by atoms with Crippen molar-refractivity contribution in [2.75, 3.05) is 13.1 Å². The summed E-state index contributed by atoms with van der Waals surface area (Å²) >= 11 is 12.1. The van der Waals surface area contributed by atoms with Crippen molar-refractivity contribution in [3.63, 3.8) is 0 Å². The molecule has 162 valence electrons. The fraction of sp³-hybridized carbons (Fsp3) is 0.250. The highest BCUT2D eigenvalue weighted by atomic mass is 35.5. The standard InChI is InChI=1S/C20H19Cl2N5O3S/c1-26-11-18(24-12-26)31(29,30)27-9-13(10-27)19(17-4-2-3-7-23-17)25-20(28)15-6-5-14(21)8-16(15)22/h2-8,11-13,19H,9-10H2,1H3,(H,25,28)/t19-/m1/s1. The average Bonchev–Trinajstić information content (AvgIpc) is 3.14. The van der Waals surface area contributed by atoms with Gasteiger partial charge < -0.3 is 9.88 Å². The van der Waals surface area contributed by atoms with Crippen LogP contribution >= 0.6 is 23.2 Å². The van der Waals surface area contributed by atoms with E-state index < -0.39 is 16.1 Å². The van der Waals surface area contributed by atoms with Crippen LogP contribution in [-0.2, 0) is 17.1 Å². The summed E-state index contributed by atoms with van der Waals surface area (Å²) in [5, 5.41) is 3.62. The minimum absolute atomic E-state index is 0.000169. The van der Waals surface area contributed by atoms with E-state index in [0.717, 1.165) is 0 Å². The molecule has 31 heavy (non-hydrogen) atoms. The summed E-state index contributed by atoms with van der Waals surface area (Å²) in [5.41, 5.74) is 0.921. The van der Waals surface area contributed by atoms with Gasteiger partial charge in [-0.2, -0.15) is 4.31 Å². The molecule has 1 aliphatic heterocycles. The number of sulfonamides is 1. The fourth-order valence-corrected chi connectivity index (χ4v) is 5.43. The smallest absolute Gasteiger partial charge is 0.262 e. The van der Waals surface area contributed by atoms with Crippen LogP contribution in [0.1, 0.15) is 22.1 Å². The van der Waals surface area contributed by atoms with Gasteiger partial charge in [0.1, 0.15) is 0 Å². The highest BCUT2D eigenvalue weighted by molar-refractivity contribution is 7.89. The van der Waals surface area contributed by atoms with E-state index in [2.05, 4.69) is 15.3 Å². The molecule has 1 amide bonds. The molecule has 1 aliphatic rings. The maximum absolute atomic E-state index is 12.9. The summed E-state index contributed by atoms with van der Waals surface area (Å²) in [6.07, 6.45) is 4.53. The van der Waals surface area contributed by atoms with Crippen molar-refractivity contribution in [1.82, 2.24) is 24.2 Å². The molecule has 1 N–H and O–H groups in total. The summed E-state index contributed by atoms with van der Waals surface area (Å²) in [4.78, 5) is 21.2. The van der Waals surface area contributed by atoms with Gasteiger partial charge in [-0.3, -0.25) is 9.78 Å². The molecule has 3 heterocycles. The Balaban J connectivity index is 1.54. The van der Waals surface area contributed by atoms with E-state index >= 15 is 0 Å². The van der Waals surface area contributed by atoms with Gasteiger partial charge in [0.25, 0.3) is 15.9 Å². The molecule has 2 aromatic heterocycles. The number of halogens is 2. The zero-order valence-corrected chi connectivity index (χ0v) is 18.8. The van der Waals surface area contributed by atoms with Crippen molar-refractivity contribution in [2.24, 2.45) is 13.0 Å². The lowest BCUT2D eigenvalue weighted by molar-refractivity contribution is 0.0868. The van der Waals surface area contributed by atoms with Gasteiger partial charge in [0.05, 0.1) is 28.6 Å². The van der Waals surface area contributed by atoms with E-state index in [0.29, 0.717) is 10.7 Å². The number of nitrogens with one attached hydrogen (secondary N) is 1. The Morgan fingerprint density at radius 2 is 1.97 bits per heavy atom. The normalized spacial score (nSPS) is 16.0. The Bertz CT molecular complexity index is 1210. The van der Waals surface area contributed by atoms with Crippen LogP contribution < -0.4 is 5.32 Å². The van der Waals surface area contributed by atoms with Gasteiger partial charge >= 0.3 is 0 Å². The summed E-state index contributed by atoms with van der Waals surface area (Å²) in [5.74, 6) is -0.549. The van der Waals surface area contributed by atoms with Crippen LogP contribution in [0.25, 0.3) is 0 Å². The Hall–Kier alpha value is -2.46. The molecule has 0 unspecified atom stereocenters. The molecule has 3 aromatic rings. The van der Waals surface area contributed by atoms with E-state index in [4.69, 9.17) is 23.2 Å². The van der Waals surface area contributed by atoms with Crippen molar-refractivity contribution < 1.29 is 13.2 Å². The molecule has 1 aromatic carbocycles. The average molecular weight is 480 g/mol. The van der Waals surface area contributed by atoms with Crippen molar-refractivity contribution in [1.29, 1.82) is 0 Å². The zero-order chi connectivity index (χ0) is 22.2. The molecule has 0 spiro atoms. The number of carbonyl (C=O) groups is 1. The molecule has 1 atom stereocenters. The second kappa shape index (κ2) is 8.58. The van der Waals surface area contributed by atoms with E-state index in [1.807, 2.05) is 6.07 Å². The largest absolute Gasteiger partial charge is 0.343 e. The van der Waals surface area contributed by atoms with Gasteiger partial charge in [-0.1, -0.05) is 29.3 Å². The van der Waals surface area contributed by atoms with Gasteiger partial charge in [-0.15, -0.1) is 0 Å². The Morgan fingerprint density at radius 1 is 1.19 bits per heavy atom. The molecule has 4 rings (SSSR count). The van der Waals surface area contributed by atoms with E-state index in [9.17, 15) is 13.2 Å². The van der Waals surface area contributed by atoms with Gasteiger partial charge in [-0.25, -0.2) is 13.4 Å². The minimum Gasteiger partial charge on any atom is -0.343 e. The molecular formula is C20H19Cl2N5O3S. The van der Waals surface area contributed by atoms with Crippen molar-refractivity contribution in [2.45, 2.75) is 11.1 Å². The monoisotopic (exact) mass is 479 g/mol. The minimum atomic E-state index is -3.69. The van der Waals surface area contributed by atoms with Crippen LogP contribution in [-0.4, -0.2) is 46.3 Å². The second-order valence-electron chi connectivity index (χ2n) is 7.29. The van der Waals surface area contributed by atoms with Crippen molar-refractivity contribution in [3.8, 4) is 0 Å². The Kier molecular flexibility index (Phi) is 6.02. The third-order valence-electron chi connectivity index (χ3n) is 5.10. The fourth-order valence-electron chi connectivity index (χ4n) is 3.42. The Morgan fingerprint density at radius 3 is 2.58 bits per heavy atom. The molecule has 8 nitrogen and oxygen atoms in total. The number of nitrogens with zero attached hydrogens (tertiary/aromatic N) is 4. The maximum atomic E-state index is 12.9. The molecule has 11 heteroatoms. The first-order valence-electron chi connectivity index (χ1n) is 9.40. The van der Waals surface area contributed by atoms with Gasteiger partial charge in [-0.05, 0) is 30.3 Å². The van der Waals surface area contributed by atoms with Gasteiger partial charge in [0, 0.05) is 43.5 Å². The number of amides is 1. The molecule has 0 radical (unpaired) electrons. The lowest BCUT2D eigenvalue weighted by Gasteiger charge is -2.41. The van der Waals surface area contributed by atoms with E-state index in [1.54, 1.807) is 42.1 Å². The topological polar surface area (TPSA) is 97.2 Å². The quantitative estimate of drug-likeness (QED) is 0.585. The van der Waals surface area contributed by atoms with Crippen LogP contribution in [0.5, 0.6) is 0 Å². The van der Waals surface area contributed by atoms with E-state index in [1.165, 1.54) is 22.9 Å². The number of hydrogen-bond donors (Lipinski definition) is 1. The number of imidazole rings is 1. The van der Waals surface area contributed by atoms with Crippen LogP contribution in [0.15, 0.2) is 60.1 Å². The predicted molar refractivity (Wildman–Crippen MR) is 116 cm³/mol.